The molecule has 1 aliphatic heterocycles. The number of rotatable bonds is 18. The summed E-state index contributed by atoms with van der Waals surface area (Å²) >= 11 is 0. The fourth-order valence-corrected chi connectivity index (χ4v) is 5.99. The van der Waals surface area contributed by atoms with Crippen molar-refractivity contribution < 1.29 is 29.1 Å². The molecule has 0 radical (unpaired) electrons. The highest BCUT2D eigenvalue weighted by Gasteiger charge is 2.40. The lowest BCUT2D eigenvalue weighted by Gasteiger charge is -2.38. The second-order valence-electron chi connectivity index (χ2n) is 13.7. The van der Waals surface area contributed by atoms with Gasteiger partial charge in [0, 0.05) is 25.4 Å². The monoisotopic (exact) mass is 678 g/mol. The molecule has 0 saturated carbocycles. The normalized spacial score (nSPS) is 16.6. The van der Waals surface area contributed by atoms with E-state index < -0.39 is 47.4 Å². The predicted octanol–water partition coefficient (Wildman–Crippen LogP) is 2.14. The Morgan fingerprint density at radius 1 is 0.755 bits per heavy atom. The second kappa shape index (κ2) is 19.0. The molecule has 268 valence electrons. The van der Waals surface area contributed by atoms with Crippen LogP contribution in [0.2, 0.25) is 0 Å². The maximum Gasteiger partial charge on any atom is 0.323 e. The molecule has 8 N–H and O–H groups in total. The number of likely N-dealkylation sites (tertiary alicyclic amines) is 1. The number of carbonyl (C=O) groups is 5. The number of nitrogens with one attached hydrogen (secondary N) is 3. The molecule has 3 rings (SSSR count). The van der Waals surface area contributed by atoms with Crippen molar-refractivity contribution in [2.75, 3.05) is 19.6 Å². The van der Waals surface area contributed by atoms with Crippen LogP contribution in [-0.4, -0.2) is 82.9 Å². The number of nitrogens with zero attached hydrogens (tertiary/aromatic N) is 1. The Labute approximate surface area is 289 Å². The SMILES string of the molecule is CC(C)C[C@@H](NC(=O)[C@@H](Cc1ccccc1)NC(=O)[C@H](C)Cc1ccccc1)C(=O)N[C@H](CCCCN)C(=O)N1CCC(N)(C(=O)O)CC1. The zero-order chi connectivity index (χ0) is 36.0. The molecule has 1 heterocycles. The van der Waals surface area contributed by atoms with Crippen LogP contribution in [0.4, 0.5) is 0 Å². The largest absolute Gasteiger partial charge is 0.480 e. The first-order chi connectivity index (χ1) is 23.3. The fraction of sp³-hybridized carbons (Fsp3) is 0.541. The highest BCUT2D eigenvalue weighted by molar-refractivity contribution is 5.94. The van der Waals surface area contributed by atoms with E-state index in [2.05, 4.69) is 16.0 Å². The number of unbranched alkanes of at least 4 members (excludes halogenated alkanes) is 1. The molecular formula is C37H54N6O6. The van der Waals surface area contributed by atoms with E-state index in [1.54, 1.807) is 4.90 Å². The van der Waals surface area contributed by atoms with E-state index >= 15 is 0 Å². The van der Waals surface area contributed by atoms with Crippen LogP contribution in [0.5, 0.6) is 0 Å². The maximum absolute atomic E-state index is 13.9. The number of hydrogen-bond acceptors (Lipinski definition) is 7. The van der Waals surface area contributed by atoms with Gasteiger partial charge in [-0.1, -0.05) is 81.4 Å². The Bertz CT molecular complexity index is 1380. The van der Waals surface area contributed by atoms with Crippen molar-refractivity contribution in [3.8, 4) is 0 Å². The summed E-state index contributed by atoms with van der Waals surface area (Å²) in [6.07, 6.45) is 2.80. The molecule has 0 aromatic heterocycles. The number of piperidine rings is 1. The third-order valence-electron chi connectivity index (χ3n) is 9.04. The van der Waals surface area contributed by atoms with Gasteiger partial charge in [0.15, 0.2) is 0 Å². The van der Waals surface area contributed by atoms with Crippen LogP contribution in [0.1, 0.15) is 70.4 Å². The Morgan fingerprint density at radius 3 is 1.80 bits per heavy atom. The van der Waals surface area contributed by atoms with E-state index in [0.717, 1.165) is 11.1 Å². The van der Waals surface area contributed by atoms with Gasteiger partial charge < -0.3 is 37.4 Å². The van der Waals surface area contributed by atoms with Crippen molar-refractivity contribution in [3.63, 3.8) is 0 Å². The Balaban J connectivity index is 1.77. The number of aliphatic carboxylic acids is 1. The molecular weight excluding hydrogens is 624 g/mol. The molecule has 0 aliphatic carbocycles. The molecule has 4 atom stereocenters. The van der Waals surface area contributed by atoms with Crippen LogP contribution in [0.15, 0.2) is 60.7 Å². The molecule has 12 heteroatoms. The Morgan fingerprint density at radius 2 is 1.27 bits per heavy atom. The molecule has 1 fully saturated rings. The molecule has 12 nitrogen and oxygen atoms in total. The molecule has 4 amide bonds. The zero-order valence-corrected chi connectivity index (χ0v) is 29.0. The van der Waals surface area contributed by atoms with Crippen molar-refractivity contribution in [1.82, 2.24) is 20.9 Å². The number of hydrogen-bond donors (Lipinski definition) is 6. The van der Waals surface area contributed by atoms with Gasteiger partial charge in [-0.3, -0.25) is 24.0 Å². The Hall–Kier alpha value is -4.29. The minimum absolute atomic E-state index is 0.0197. The van der Waals surface area contributed by atoms with Gasteiger partial charge in [0.05, 0.1) is 0 Å². The van der Waals surface area contributed by atoms with Crippen LogP contribution >= 0.6 is 0 Å². The molecule has 1 aliphatic rings. The van der Waals surface area contributed by atoms with Crippen molar-refractivity contribution in [1.29, 1.82) is 0 Å². The molecule has 2 aromatic carbocycles. The smallest absolute Gasteiger partial charge is 0.323 e. The number of amides is 4. The maximum atomic E-state index is 13.9. The van der Waals surface area contributed by atoms with E-state index in [4.69, 9.17) is 11.5 Å². The third-order valence-corrected chi connectivity index (χ3v) is 9.04. The van der Waals surface area contributed by atoms with E-state index in [0.29, 0.717) is 38.6 Å². The summed E-state index contributed by atoms with van der Waals surface area (Å²) in [7, 11) is 0. The first-order valence-corrected chi connectivity index (χ1v) is 17.3. The van der Waals surface area contributed by atoms with E-state index in [9.17, 15) is 29.1 Å². The van der Waals surface area contributed by atoms with Gasteiger partial charge in [-0.2, -0.15) is 0 Å². The molecule has 0 unspecified atom stereocenters. The first-order valence-electron chi connectivity index (χ1n) is 17.3. The summed E-state index contributed by atoms with van der Waals surface area (Å²) in [5, 5.41) is 18.2. The average Bonchev–Trinajstić information content (AvgIpc) is 3.07. The van der Waals surface area contributed by atoms with Crippen LogP contribution < -0.4 is 27.4 Å². The minimum atomic E-state index is -1.40. The lowest BCUT2D eigenvalue weighted by atomic mass is 9.88. The predicted molar refractivity (Wildman–Crippen MR) is 188 cm³/mol. The number of carboxylic acids is 1. The van der Waals surface area contributed by atoms with Crippen LogP contribution in [0.3, 0.4) is 0 Å². The standard InChI is InChI=1S/C37H54N6O6/c1-25(2)22-30(33(45)40-29(16-10-11-19-38)35(47)43-20-17-37(39,18-21-43)36(48)49)42-34(46)31(24-28-14-8-5-9-15-28)41-32(44)26(3)23-27-12-6-4-7-13-27/h4-9,12-15,25-26,29-31H,10-11,16-24,38-39H2,1-3H3,(H,40,45)(H,41,44)(H,42,46)(H,48,49)/t26-,29-,30-,31-/m1/s1. The van der Waals surface area contributed by atoms with Gasteiger partial charge in [-0.25, -0.2) is 0 Å². The lowest BCUT2D eigenvalue weighted by molar-refractivity contribution is -0.148. The number of carbonyl (C=O) groups excluding carboxylic acids is 4. The van der Waals surface area contributed by atoms with Gasteiger partial charge in [0.1, 0.15) is 23.7 Å². The molecule has 49 heavy (non-hydrogen) atoms. The molecule has 0 bridgehead atoms. The highest BCUT2D eigenvalue weighted by Crippen LogP contribution is 2.21. The van der Waals surface area contributed by atoms with Gasteiger partial charge in [-0.05, 0) is 68.5 Å². The summed E-state index contributed by atoms with van der Waals surface area (Å²) in [5.74, 6) is -3.10. The number of nitrogens with two attached hydrogens (primary N) is 2. The summed E-state index contributed by atoms with van der Waals surface area (Å²) in [6, 6.07) is 16.2. The third kappa shape index (κ3) is 12.3. The fourth-order valence-electron chi connectivity index (χ4n) is 5.99. The van der Waals surface area contributed by atoms with E-state index in [1.165, 1.54) is 0 Å². The summed E-state index contributed by atoms with van der Waals surface area (Å²) in [4.78, 5) is 67.9. The lowest BCUT2D eigenvalue weighted by Crippen LogP contribution is -2.60. The van der Waals surface area contributed by atoms with Crippen molar-refractivity contribution in [3.05, 3.63) is 71.8 Å². The van der Waals surface area contributed by atoms with Crippen molar-refractivity contribution >= 4 is 29.6 Å². The van der Waals surface area contributed by atoms with Gasteiger partial charge in [-0.15, -0.1) is 0 Å². The van der Waals surface area contributed by atoms with E-state index in [1.807, 2.05) is 81.4 Å². The second-order valence-corrected chi connectivity index (χ2v) is 13.7. The minimum Gasteiger partial charge on any atom is -0.480 e. The van der Waals surface area contributed by atoms with Gasteiger partial charge >= 0.3 is 5.97 Å². The highest BCUT2D eigenvalue weighted by atomic mass is 16.4. The summed E-state index contributed by atoms with van der Waals surface area (Å²) in [6.45, 7) is 6.41. The average molecular weight is 679 g/mol. The Kier molecular flexibility index (Phi) is 15.2. The first kappa shape index (κ1) is 39.2. The van der Waals surface area contributed by atoms with Crippen LogP contribution in [-0.2, 0) is 36.8 Å². The molecule has 2 aromatic rings. The van der Waals surface area contributed by atoms with Crippen LogP contribution in [0, 0.1) is 11.8 Å². The summed E-state index contributed by atoms with van der Waals surface area (Å²) < 4.78 is 0. The number of carboxylic acid groups (broad SMARTS) is 1. The zero-order valence-electron chi connectivity index (χ0n) is 29.0. The topological polar surface area (TPSA) is 197 Å². The summed E-state index contributed by atoms with van der Waals surface area (Å²) in [5.41, 5.74) is 12.2. The van der Waals surface area contributed by atoms with E-state index in [-0.39, 0.29) is 50.1 Å². The van der Waals surface area contributed by atoms with Crippen LogP contribution in [0.25, 0.3) is 0 Å². The van der Waals surface area contributed by atoms with Gasteiger partial charge in [0.25, 0.3) is 0 Å². The number of benzene rings is 2. The van der Waals surface area contributed by atoms with Gasteiger partial charge in [0.2, 0.25) is 23.6 Å². The molecule has 0 spiro atoms. The van der Waals surface area contributed by atoms with Crippen molar-refractivity contribution in [2.45, 2.75) is 95.8 Å². The molecule has 1 saturated heterocycles. The quantitative estimate of drug-likeness (QED) is 0.129. The van der Waals surface area contributed by atoms with Crippen molar-refractivity contribution in [2.24, 2.45) is 23.3 Å².